The SMILES string of the molecule is CCC(Cc1ccc(I)cc1)C(=O)OC. The fourth-order valence-electron chi connectivity index (χ4n) is 1.47. The molecule has 0 aromatic heterocycles. The second-order valence-corrected chi connectivity index (χ2v) is 4.70. The lowest BCUT2D eigenvalue weighted by Gasteiger charge is -2.12. The van der Waals surface area contributed by atoms with E-state index >= 15 is 0 Å². The molecule has 1 aromatic rings. The Hall–Kier alpha value is -0.580. The maximum absolute atomic E-state index is 11.4. The van der Waals surface area contributed by atoms with E-state index in [2.05, 4.69) is 46.9 Å². The molecule has 1 atom stereocenters. The normalized spacial score (nSPS) is 12.2. The zero-order valence-corrected chi connectivity index (χ0v) is 11.2. The third kappa shape index (κ3) is 3.81. The minimum absolute atomic E-state index is 0.0185. The van der Waals surface area contributed by atoms with E-state index in [0.29, 0.717) is 0 Å². The highest BCUT2D eigenvalue weighted by atomic mass is 127. The number of rotatable bonds is 4. The van der Waals surface area contributed by atoms with Crippen LogP contribution >= 0.6 is 22.6 Å². The lowest BCUT2D eigenvalue weighted by Crippen LogP contribution is -2.17. The van der Waals surface area contributed by atoms with Crippen LogP contribution in [0.2, 0.25) is 0 Å². The van der Waals surface area contributed by atoms with Gasteiger partial charge in [0.25, 0.3) is 0 Å². The first-order chi connectivity index (χ1) is 7.17. The van der Waals surface area contributed by atoms with E-state index in [1.54, 1.807) is 0 Å². The zero-order valence-electron chi connectivity index (χ0n) is 9.00. The summed E-state index contributed by atoms with van der Waals surface area (Å²) >= 11 is 2.27. The Bertz CT molecular complexity index is 319. The summed E-state index contributed by atoms with van der Waals surface area (Å²) in [5.74, 6) is -0.133. The molecule has 0 amide bonds. The number of esters is 1. The molecule has 0 radical (unpaired) electrons. The van der Waals surface area contributed by atoms with Gasteiger partial charge in [-0.25, -0.2) is 0 Å². The predicted octanol–water partition coefficient (Wildman–Crippen LogP) is 3.03. The van der Waals surface area contributed by atoms with Crippen molar-refractivity contribution < 1.29 is 9.53 Å². The molecule has 1 unspecified atom stereocenters. The van der Waals surface area contributed by atoms with Crippen LogP contribution in [-0.4, -0.2) is 13.1 Å². The van der Waals surface area contributed by atoms with E-state index in [1.165, 1.54) is 16.2 Å². The minimum Gasteiger partial charge on any atom is -0.469 e. The molecule has 3 heteroatoms. The highest BCUT2D eigenvalue weighted by Crippen LogP contribution is 2.15. The minimum atomic E-state index is -0.115. The van der Waals surface area contributed by atoms with Gasteiger partial charge in [0.15, 0.2) is 0 Å². The van der Waals surface area contributed by atoms with E-state index in [9.17, 15) is 4.79 Å². The fourth-order valence-corrected chi connectivity index (χ4v) is 1.83. The molecule has 0 saturated heterocycles. The van der Waals surface area contributed by atoms with Crippen LogP contribution in [0.5, 0.6) is 0 Å². The number of carbonyl (C=O) groups excluding carboxylic acids is 1. The van der Waals surface area contributed by atoms with Crippen molar-refractivity contribution in [2.24, 2.45) is 5.92 Å². The van der Waals surface area contributed by atoms with Crippen molar-refractivity contribution >= 4 is 28.6 Å². The van der Waals surface area contributed by atoms with E-state index in [4.69, 9.17) is 4.74 Å². The first-order valence-electron chi connectivity index (χ1n) is 4.99. The Labute approximate surface area is 104 Å². The molecule has 1 aromatic carbocycles. The monoisotopic (exact) mass is 318 g/mol. The highest BCUT2D eigenvalue weighted by molar-refractivity contribution is 14.1. The van der Waals surface area contributed by atoms with Crippen LogP contribution in [0, 0.1) is 9.49 Å². The summed E-state index contributed by atoms with van der Waals surface area (Å²) in [6, 6.07) is 8.24. The standard InChI is InChI=1S/C12H15IO2/c1-3-10(12(14)15-2)8-9-4-6-11(13)7-5-9/h4-7,10H,3,8H2,1-2H3. The molecule has 0 saturated carbocycles. The molecule has 0 heterocycles. The molecule has 15 heavy (non-hydrogen) atoms. The Kier molecular flexibility index (Phi) is 5.08. The van der Waals surface area contributed by atoms with Gasteiger partial charge in [-0.1, -0.05) is 19.1 Å². The van der Waals surface area contributed by atoms with Gasteiger partial charge < -0.3 is 4.74 Å². The summed E-state index contributed by atoms with van der Waals surface area (Å²) in [6.07, 6.45) is 1.58. The third-order valence-corrected chi connectivity index (χ3v) is 3.14. The smallest absolute Gasteiger partial charge is 0.308 e. The van der Waals surface area contributed by atoms with Crippen LogP contribution in [0.15, 0.2) is 24.3 Å². The van der Waals surface area contributed by atoms with Gasteiger partial charge in [-0.3, -0.25) is 4.79 Å². The summed E-state index contributed by atoms with van der Waals surface area (Å²) in [6.45, 7) is 2.01. The molecular formula is C12H15IO2. The topological polar surface area (TPSA) is 26.3 Å². The molecule has 0 bridgehead atoms. The number of benzene rings is 1. The van der Waals surface area contributed by atoms with Gasteiger partial charge in [-0.2, -0.15) is 0 Å². The summed E-state index contributed by atoms with van der Waals surface area (Å²) in [5, 5.41) is 0. The van der Waals surface area contributed by atoms with Gasteiger partial charge in [-0.15, -0.1) is 0 Å². The van der Waals surface area contributed by atoms with Crippen LogP contribution < -0.4 is 0 Å². The van der Waals surface area contributed by atoms with Crippen LogP contribution in [0.4, 0.5) is 0 Å². The van der Waals surface area contributed by atoms with E-state index in [1.807, 2.05) is 6.92 Å². The van der Waals surface area contributed by atoms with Crippen molar-refractivity contribution in [1.82, 2.24) is 0 Å². The number of carbonyl (C=O) groups is 1. The molecule has 0 aliphatic heterocycles. The van der Waals surface area contributed by atoms with Crippen LogP contribution in [0.25, 0.3) is 0 Å². The average Bonchev–Trinajstić information content (AvgIpc) is 2.27. The zero-order chi connectivity index (χ0) is 11.3. The summed E-state index contributed by atoms with van der Waals surface area (Å²) < 4.78 is 5.97. The van der Waals surface area contributed by atoms with E-state index < -0.39 is 0 Å². The lowest BCUT2D eigenvalue weighted by molar-refractivity contribution is -0.145. The van der Waals surface area contributed by atoms with Crippen molar-refractivity contribution in [1.29, 1.82) is 0 Å². The van der Waals surface area contributed by atoms with Crippen LogP contribution in [-0.2, 0) is 16.0 Å². The second-order valence-electron chi connectivity index (χ2n) is 3.46. The second kappa shape index (κ2) is 6.10. The first kappa shape index (κ1) is 12.5. The molecular weight excluding hydrogens is 303 g/mol. The maximum atomic E-state index is 11.4. The van der Waals surface area contributed by atoms with Gasteiger partial charge in [0.2, 0.25) is 0 Å². The summed E-state index contributed by atoms with van der Waals surface area (Å²) in [7, 11) is 1.44. The van der Waals surface area contributed by atoms with Gasteiger partial charge >= 0.3 is 5.97 Å². The van der Waals surface area contributed by atoms with Crippen molar-refractivity contribution in [3.63, 3.8) is 0 Å². The van der Waals surface area contributed by atoms with Crippen LogP contribution in [0.3, 0.4) is 0 Å². The Morgan fingerprint density at radius 2 is 2.00 bits per heavy atom. The third-order valence-electron chi connectivity index (χ3n) is 2.42. The van der Waals surface area contributed by atoms with E-state index in [-0.39, 0.29) is 11.9 Å². The molecule has 0 aliphatic carbocycles. The van der Waals surface area contributed by atoms with Gasteiger partial charge in [0, 0.05) is 3.57 Å². The van der Waals surface area contributed by atoms with Gasteiger partial charge in [-0.05, 0) is 53.1 Å². The maximum Gasteiger partial charge on any atom is 0.308 e. The number of ether oxygens (including phenoxy) is 1. The molecule has 2 nitrogen and oxygen atoms in total. The number of halogens is 1. The van der Waals surface area contributed by atoms with Gasteiger partial charge in [0.05, 0.1) is 13.0 Å². The molecule has 82 valence electrons. The van der Waals surface area contributed by atoms with Crippen molar-refractivity contribution in [3.05, 3.63) is 33.4 Å². The number of methoxy groups -OCH3 is 1. The molecule has 0 fully saturated rings. The molecule has 1 rings (SSSR count). The summed E-state index contributed by atoms with van der Waals surface area (Å²) in [5.41, 5.74) is 1.19. The number of hydrogen-bond acceptors (Lipinski definition) is 2. The van der Waals surface area contributed by atoms with Crippen molar-refractivity contribution in [3.8, 4) is 0 Å². The Balaban J connectivity index is 2.66. The quantitative estimate of drug-likeness (QED) is 0.630. The first-order valence-corrected chi connectivity index (χ1v) is 6.07. The van der Waals surface area contributed by atoms with E-state index in [0.717, 1.165) is 12.8 Å². The molecule has 0 N–H and O–H groups in total. The highest BCUT2D eigenvalue weighted by Gasteiger charge is 2.16. The van der Waals surface area contributed by atoms with Crippen LogP contribution in [0.1, 0.15) is 18.9 Å². The lowest BCUT2D eigenvalue weighted by atomic mass is 9.97. The van der Waals surface area contributed by atoms with Gasteiger partial charge in [0.1, 0.15) is 0 Å². The average molecular weight is 318 g/mol. The van der Waals surface area contributed by atoms with Crippen molar-refractivity contribution in [2.45, 2.75) is 19.8 Å². The predicted molar refractivity (Wildman–Crippen MR) is 68.7 cm³/mol. The fraction of sp³-hybridized carbons (Fsp3) is 0.417. The Morgan fingerprint density at radius 3 is 2.47 bits per heavy atom. The largest absolute Gasteiger partial charge is 0.469 e. The summed E-state index contributed by atoms with van der Waals surface area (Å²) in [4.78, 5) is 11.4. The molecule has 0 spiro atoms. The number of hydrogen-bond donors (Lipinski definition) is 0. The Morgan fingerprint density at radius 1 is 1.40 bits per heavy atom. The molecule has 0 aliphatic rings. The van der Waals surface area contributed by atoms with Crippen molar-refractivity contribution in [2.75, 3.05) is 7.11 Å².